The molecule has 1 spiro atoms. The van der Waals surface area contributed by atoms with Crippen LogP contribution in [0.4, 0.5) is 25.8 Å². The number of fused-ring (bicyclic) bond motifs is 2. The van der Waals surface area contributed by atoms with Gasteiger partial charge < -0.3 is 41.9 Å². The fourth-order valence-corrected chi connectivity index (χ4v) is 9.24. The van der Waals surface area contributed by atoms with Crippen LogP contribution < -0.4 is 26.6 Å². The second kappa shape index (κ2) is 19.0. The number of aliphatic hydroxyl groups is 3. The van der Waals surface area contributed by atoms with Crippen LogP contribution in [0.1, 0.15) is 73.9 Å². The summed E-state index contributed by atoms with van der Waals surface area (Å²) in [5, 5.41) is 43.2. The van der Waals surface area contributed by atoms with E-state index in [1.165, 1.54) is 30.6 Å². The molecular formula is C43H47Cl2F2IN6O6. The highest BCUT2D eigenvalue weighted by Gasteiger charge is 2.68. The number of carbonyl (C=O) groups excluding carboxylic acids is 3. The summed E-state index contributed by atoms with van der Waals surface area (Å²) in [4.78, 5) is 44.1. The van der Waals surface area contributed by atoms with Gasteiger partial charge in [0.25, 0.3) is 5.91 Å². The van der Waals surface area contributed by atoms with Crippen molar-refractivity contribution in [3.63, 3.8) is 0 Å². The Balaban J connectivity index is 0.000000226. The molecule has 60 heavy (non-hydrogen) atoms. The third-order valence-electron chi connectivity index (χ3n) is 11.2. The number of halogens is 5. The van der Waals surface area contributed by atoms with Crippen LogP contribution in [-0.4, -0.2) is 81.5 Å². The number of pyridine rings is 1. The van der Waals surface area contributed by atoms with Crippen LogP contribution >= 0.6 is 45.8 Å². The van der Waals surface area contributed by atoms with Gasteiger partial charge in [-0.2, -0.15) is 0 Å². The Morgan fingerprint density at radius 1 is 1.03 bits per heavy atom. The van der Waals surface area contributed by atoms with Gasteiger partial charge in [0.2, 0.25) is 11.8 Å². The summed E-state index contributed by atoms with van der Waals surface area (Å²) in [6.07, 6.45) is 4.00. The molecule has 1 aromatic heterocycles. The lowest BCUT2D eigenvalue weighted by atomic mass is 9.60. The standard InChI is InChI=1S/C28H32Cl2FN3O3.C15H15FIN3O3/c1-27(2,3)25-28(18-12-7-14(29)13-20(18)33-26(28)37)21(17-5-4-6-19(30)22(17)31)23(34-25)24(36)32-15-8-10-16(35)11-9-15;16-12-5-9(17)1-2-13(12)20-14-7-18-4-3-11(14)15(23)19-6-10(22)8-21/h4-7,12-13,15-16,21,23,25,34-35H,8-11H2,1-3H3,(H,32,36)(H,33,37);1-5,7,10,20-22H,6,8H2,(H,19,23)/t15?,16?,21-,23+,25-,28-;10-/m00/s1. The first-order chi connectivity index (χ1) is 28.4. The minimum Gasteiger partial charge on any atom is -0.394 e. The maximum atomic E-state index is 15.7. The largest absolute Gasteiger partial charge is 0.394 e. The second-order valence-corrected chi connectivity index (χ2v) is 18.4. The number of nitrogens with zero attached hydrogens (tertiary/aromatic N) is 1. The van der Waals surface area contributed by atoms with Crippen LogP contribution in [0.2, 0.25) is 10.0 Å². The zero-order chi connectivity index (χ0) is 43.5. The van der Waals surface area contributed by atoms with Gasteiger partial charge in [-0.3, -0.25) is 19.4 Å². The van der Waals surface area contributed by atoms with E-state index in [2.05, 4.69) is 31.6 Å². The Bertz CT molecular complexity index is 2240. The van der Waals surface area contributed by atoms with Crippen LogP contribution in [0.25, 0.3) is 0 Å². The quantitative estimate of drug-likeness (QED) is 0.0861. The van der Waals surface area contributed by atoms with E-state index >= 15 is 4.39 Å². The molecule has 0 radical (unpaired) electrons. The SMILES string of the molecule is CC(C)(C)[C@@H]1N[C@@H](C(=O)NC2CCC(O)CC2)[C@H](c2cccc(Cl)c2F)[C@]12C(=O)Nc1cc(Cl)ccc12.O=C(NC[C@H](O)CO)c1ccncc1Nc1ccc(I)cc1F. The third-order valence-corrected chi connectivity index (χ3v) is 12.4. The van der Waals surface area contributed by atoms with Crippen LogP contribution in [0.5, 0.6) is 0 Å². The Labute approximate surface area is 370 Å². The van der Waals surface area contributed by atoms with Crippen molar-refractivity contribution < 1.29 is 38.5 Å². The van der Waals surface area contributed by atoms with E-state index in [0.29, 0.717) is 47.6 Å². The van der Waals surface area contributed by atoms with E-state index in [0.717, 1.165) is 3.57 Å². The predicted octanol–water partition coefficient (Wildman–Crippen LogP) is 6.56. The second-order valence-electron chi connectivity index (χ2n) is 16.3. The first-order valence-electron chi connectivity index (χ1n) is 19.5. The zero-order valence-corrected chi connectivity index (χ0v) is 36.7. The van der Waals surface area contributed by atoms with E-state index in [-0.39, 0.29) is 52.3 Å². The van der Waals surface area contributed by atoms with Crippen molar-refractivity contribution >= 4 is 80.6 Å². The van der Waals surface area contributed by atoms with E-state index in [1.807, 2.05) is 43.4 Å². The third kappa shape index (κ3) is 9.57. The van der Waals surface area contributed by atoms with Gasteiger partial charge in [-0.25, -0.2) is 8.78 Å². The summed E-state index contributed by atoms with van der Waals surface area (Å²) in [5.41, 5.74) is 0.473. The molecule has 3 aliphatic rings. The molecule has 1 saturated heterocycles. The normalized spacial score (nSPS) is 23.9. The molecule has 1 saturated carbocycles. The van der Waals surface area contributed by atoms with Crippen LogP contribution in [0.15, 0.2) is 73.1 Å². The first kappa shape index (κ1) is 45.6. The molecule has 320 valence electrons. The summed E-state index contributed by atoms with van der Waals surface area (Å²) >= 11 is 14.5. The number of amides is 3. The molecule has 3 amide bonds. The summed E-state index contributed by atoms with van der Waals surface area (Å²) in [5.74, 6) is -3.04. The molecular weight excluding hydrogens is 932 g/mol. The fraction of sp³-hybridized carbons (Fsp3) is 0.395. The molecule has 8 N–H and O–H groups in total. The van der Waals surface area contributed by atoms with Gasteiger partial charge >= 0.3 is 0 Å². The van der Waals surface area contributed by atoms with E-state index in [9.17, 15) is 29.0 Å². The van der Waals surface area contributed by atoms with Crippen molar-refractivity contribution in [2.24, 2.45) is 5.41 Å². The van der Waals surface area contributed by atoms with Crippen LogP contribution in [-0.2, 0) is 15.0 Å². The van der Waals surface area contributed by atoms with Crippen molar-refractivity contribution in [3.8, 4) is 0 Å². The summed E-state index contributed by atoms with van der Waals surface area (Å²) in [6, 6.07) is 14.6. The van der Waals surface area contributed by atoms with Gasteiger partial charge in [-0.1, -0.05) is 62.2 Å². The number of hydrogen-bond acceptors (Lipinski definition) is 9. The van der Waals surface area contributed by atoms with Crippen molar-refractivity contribution in [3.05, 3.63) is 115 Å². The summed E-state index contributed by atoms with van der Waals surface area (Å²) < 4.78 is 30.4. The smallest absolute Gasteiger partial charge is 0.253 e. The number of rotatable bonds is 9. The first-order valence-corrected chi connectivity index (χ1v) is 21.3. The molecule has 4 aromatic rings. The lowest BCUT2D eigenvalue weighted by Gasteiger charge is -2.41. The maximum Gasteiger partial charge on any atom is 0.253 e. The van der Waals surface area contributed by atoms with Gasteiger partial charge in [0.05, 0.1) is 53.0 Å². The molecule has 17 heteroatoms. The van der Waals surface area contributed by atoms with Gasteiger partial charge in [-0.15, -0.1) is 0 Å². The lowest BCUT2D eigenvalue weighted by Crippen LogP contribution is -2.54. The van der Waals surface area contributed by atoms with E-state index in [1.54, 1.807) is 42.5 Å². The van der Waals surface area contributed by atoms with Gasteiger partial charge in [0.1, 0.15) is 17.0 Å². The molecule has 1 aliphatic carbocycles. The minimum atomic E-state index is -1.30. The topological polar surface area (TPSA) is 185 Å². The van der Waals surface area contributed by atoms with Gasteiger partial charge in [0, 0.05) is 45.0 Å². The number of benzene rings is 3. The van der Waals surface area contributed by atoms with Crippen molar-refractivity contribution in [1.82, 2.24) is 20.9 Å². The predicted molar refractivity (Wildman–Crippen MR) is 235 cm³/mol. The van der Waals surface area contributed by atoms with Crippen LogP contribution in [0, 0.1) is 20.6 Å². The highest BCUT2D eigenvalue weighted by Crippen LogP contribution is 2.58. The fourth-order valence-electron chi connectivity index (χ4n) is 8.43. The minimum absolute atomic E-state index is 0.0676. The van der Waals surface area contributed by atoms with Crippen LogP contribution in [0.3, 0.4) is 0 Å². The Kier molecular flexibility index (Phi) is 14.4. The Hall–Kier alpha value is -3.97. The Morgan fingerprint density at radius 2 is 1.77 bits per heavy atom. The molecule has 0 bridgehead atoms. The molecule has 12 nitrogen and oxygen atoms in total. The number of aromatic nitrogens is 1. The number of carbonyl (C=O) groups is 3. The highest BCUT2D eigenvalue weighted by molar-refractivity contribution is 14.1. The van der Waals surface area contributed by atoms with Crippen molar-refractivity contribution in [2.45, 2.75) is 88.1 Å². The average Bonchev–Trinajstić information content (AvgIpc) is 3.71. The highest BCUT2D eigenvalue weighted by atomic mass is 127. The molecule has 7 rings (SSSR count). The van der Waals surface area contributed by atoms with E-state index in [4.69, 9.17) is 28.3 Å². The van der Waals surface area contributed by atoms with Crippen molar-refractivity contribution in [1.29, 1.82) is 0 Å². The zero-order valence-electron chi connectivity index (χ0n) is 33.0. The van der Waals surface area contributed by atoms with Gasteiger partial charge in [-0.05, 0) is 107 Å². The monoisotopic (exact) mass is 978 g/mol. The number of hydrogen-bond donors (Lipinski definition) is 8. The number of anilines is 3. The average molecular weight is 980 g/mol. The molecule has 5 atom stereocenters. The lowest BCUT2D eigenvalue weighted by molar-refractivity contribution is -0.124. The summed E-state index contributed by atoms with van der Waals surface area (Å²) in [6.45, 7) is 5.47. The van der Waals surface area contributed by atoms with E-state index < -0.39 is 59.1 Å². The molecule has 3 aromatic carbocycles. The molecule has 0 unspecified atom stereocenters. The number of aliphatic hydroxyl groups excluding tert-OH is 3. The molecule has 3 heterocycles. The Morgan fingerprint density at radius 3 is 2.45 bits per heavy atom. The molecule has 2 fully saturated rings. The number of nitrogens with one attached hydrogen (secondary N) is 5. The summed E-state index contributed by atoms with van der Waals surface area (Å²) in [7, 11) is 0. The van der Waals surface area contributed by atoms with Gasteiger partial charge in [0.15, 0.2) is 0 Å². The van der Waals surface area contributed by atoms with Crippen molar-refractivity contribution in [2.75, 3.05) is 23.8 Å². The maximum absolute atomic E-state index is 15.7. The molecule has 2 aliphatic heterocycles.